The summed E-state index contributed by atoms with van der Waals surface area (Å²) < 4.78 is 12.9. The molecule has 0 spiro atoms. The molecular formula is C11H10ClFN4. The van der Waals surface area contributed by atoms with Crippen LogP contribution >= 0.6 is 11.6 Å². The molecule has 1 aromatic heterocycles. The molecule has 0 unspecified atom stereocenters. The predicted molar refractivity (Wildman–Crippen MR) is 65.9 cm³/mol. The van der Waals surface area contributed by atoms with Crippen molar-refractivity contribution in [3.05, 3.63) is 40.8 Å². The fourth-order valence-corrected chi connectivity index (χ4v) is 1.59. The van der Waals surface area contributed by atoms with E-state index in [0.29, 0.717) is 5.82 Å². The number of anilines is 3. The van der Waals surface area contributed by atoms with Crippen LogP contribution in [0.3, 0.4) is 0 Å². The van der Waals surface area contributed by atoms with Crippen LogP contribution in [-0.2, 0) is 0 Å². The topological polar surface area (TPSA) is 63.8 Å². The third-order valence-electron chi connectivity index (χ3n) is 2.16. The van der Waals surface area contributed by atoms with Gasteiger partial charge in [-0.15, -0.1) is 0 Å². The molecule has 0 bridgehead atoms. The Morgan fingerprint density at radius 3 is 2.71 bits per heavy atom. The molecule has 0 atom stereocenters. The summed E-state index contributed by atoms with van der Waals surface area (Å²) in [6.07, 6.45) is 0. The van der Waals surface area contributed by atoms with Crippen LogP contribution < -0.4 is 11.1 Å². The van der Waals surface area contributed by atoms with Crippen molar-refractivity contribution < 1.29 is 4.39 Å². The maximum absolute atomic E-state index is 12.9. The Morgan fingerprint density at radius 2 is 2.06 bits per heavy atom. The molecule has 0 amide bonds. The number of nitrogens with zero attached hydrogens (tertiary/aromatic N) is 2. The quantitative estimate of drug-likeness (QED) is 0.807. The molecule has 3 N–H and O–H groups in total. The van der Waals surface area contributed by atoms with E-state index in [1.807, 2.05) is 0 Å². The summed E-state index contributed by atoms with van der Waals surface area (Å²) in [5, 5.41) is 3.25. The van der Waals surface area contributed by atoms with Crippen LogP contribution in [0.15, 0.2) is 24.3 Å². The molecule has 2 aromatic rings. The van der Waals surface area contributed by atoms with Gasteiger partial charge in [-0.25, -0.2) is 9.37 Å². The Bertz CT molecular complexity index is 539. The summed E-state index contributed by atoms with van der Waals surface area (Å²) in [5.74, 6) is 0.269. The average Bonchev–Trinajstić information content (AvgIpc) is 2.21. The first-order valence-corrected chi connectivity index (χ1v) is 5.25. The first-order chi connectivity index (χ1) is 8.04. The van der Waals surface area contributed by atoms with Crippen molar-refractivity contribution in [2.75, 3.05) is 11.1 Å². The van der Waals surface area contributed by atoms with E-state index in [9.17, 15) is 4.39 Å². The largest absolute Gasteiger partial charge is 0.368 e. The van der Waals surface area contributed by atoms with Crippen molar-refractivity contribution in [1.29, 1.82) is 0 Å². The third kappa shape index (κ3) is 2.82. The van der Waals surface area contributed by atoms with Crippen LogP contribution in [0, 0.1) is 12.7 Å². The van der Waals surface area contributed by atoms with Crippen LogP contribution in [0.4, 0.5) is 21.8 Å². The molecule has 88 valence electrons. The Kier molecular flexibility index (Phi) is 3.10. The lowest BCUT2D eigenvalue weighted by molar-refractivity contribution is 0.627. The Balaban J connectivity index is 2.31. The molecule has 0 saturated heterocycles. The molecule has 1 aromatic carbocycles. The summed E-state index contributed by atoms with van der Waals surface area (Å²) in [7, 11) is 0. The van der Waals surface area contributed by atoms with Gasteiger partial charge in [0.25, 0.3) is 0 Å². The van der Waals surface area contributed by atoms with E-state index in [1.165, 1.54) is 12.1 Å². The van der Waals surface area contributed by atoms with Gasteiger partial charge < -0.3 is 11.1 Å². The number of rotatable bonds is 2. The molecule has 4 nitrogen and oxygen atoms in total. The number of aryl methyl sites for hydroxylation is 1. The minimum absolute atomic E-state index is 0.0831. The molecule has 0 radical (unpaired) electrons. The lowest BCUT2D eigenvalue weighted by Gasteiger charge is -2.09. The van der Waals surface area contributed by atoms with Crippen LogP contribution in [0.5, 0.6) is 0 Å². The normalized spacial score (nSPS) is 10.3. The van der Waals surface area contributed by atoms with Crippen LogP contribution in [0.1, 0.15) is 5.56 Å². The van der Waals surface area contributed by atoms with Crippen molar-refractivity contribution in [3.8, 4) is 0 Å². The Hall–Kier alpha value is -1.88. The van der Waals surface area contributed by atoms with Crippen molar-refractivity contribution >= 4 is 29.1 Å². The second-order valence-corrected chi connectivity index (χ2v) is 3.91. The van der Waals surface area contributed by atoms with Crippen LogP contribution in [0.2, 0.25) is 5.15 Å². The number of hydrogen-bond acceptors (Lipinski definition) is 4. The highest BCUT2D eigenvalue weighted by molar-refractivity contribution is 6.29. The van der Waals surface area contributed by atoms with E-state index in [2.05, 4.69) is 15.3 Å². The van der Waals surface area contributed by atoms with Crippen molar-refractivity contribution in [1.82, 2.24) is 9.97 Å². The summed E-state index contributed by atoms with van der Waals surface area (Å²) in [4.78, 5) is 7.71. The Morgan fingerprint density at radius 1 is 1.29 bits per heavy atom. The van der Waals surface area contributed by atoms with Crippen LogP contribution in [0.25, 0.3) is 0 Å². The number of nitrogens with two attached hydrogens (primary N) is 1. The predicted octanol–water partition coefficient (Wildman–Crippen LogP) is 2.90. The monoisotopic (exact) mass is 252 g/mol. The summed E-state index contributed by atoms with van der Waals surface area (Å²) in [5.41, 5.74) is 6.97. The number of nitrogen functional groups attached to an aromatic ring is 1. The lowest BCUT2D eigenvalue weighted by atomic mass is 10.2. The molecule has 6 heteroatoms. The van der Waals surface area contributed by atoms with Crippen molar-refractivity contribution in [2.24, 2.45) is 0 Å². The fourth-order valence-electron chi connectivity index (χ4n) is 1.40. The summed E-state index contributed by atoms with van der Waals surface area (Å²) in [6.45, 7) is 1.79. The zero-order chi connectivity index (χ0) is 12.4. The minimum Gasteiger partial charge on any atom is -0.368 e. The zero-order valence-corrected chi connectivity index (χ0v) is 9.79. The van der Waals surface area contributed by atoms with Gasteiger partial charge in [0.2, 0.25) is 5.95 Å². The third-order valence-corrected chi connectivity index (χ3v) is 2.36. The Labute approximate surface area is 103 Å². The van der Waals surface area contributed by atoms with Crippen molar-refractivity contribution in [3.63, 3.8) is 0 Å². The SMILES string of the molecule is Cc1cc(F)ccc1Nc1cc(Cl)nc(N)n1. The van der Waals surface area contributed by atoms with Gasteiger partial charge in [0.1, 0.15) is 16.8 Å². The molecule has 1 heterocycles. The van der Waals surface area contributed by atoms with Crippen LogP contribution in [-0.4, -0.2) is 9.97 Å². The lowest BCUT2D eigenvalue weighted by Crippen LogP contribution is -2.01. The van der Waals surface area contributed by atoms with Gasteiger partial charge in [-0.05, 0) is 30.7 Å². The maximum atomic E-state index is 12.9. The molecule has 17 heavy (non-hydrogen) atoms. The standard InChI is InChI=1S/C11H10ClFN4/c1-6-4-7(13)2-3-8(6)15-10-5-9(12)16-11(14)17-10/h2-5H,1H3,(H3,14,15,16,17). The smallest absolute Gasteiger partial charge is 0.223 e. The molecular weight excluding hydrogens is 243 g/mol. The maximum Gasteiger partial charge on any atom is 0.223 e. The van der Waals surface area contributed by atoms with Gasteiger partial charge in [-0.2, -0.15) is 4.98 Å². The van der Waals surface area contributed by atoms with Gasteiger partial charge in [0.05, 0.1) is 0 Å². The fraction of sp³-hybridized carbons (Fsp3) is 0.0909. The summed E-state index contributed by atoms with van der Waals surface area (Å²) in [6, 6.07) is 5.95. The van der Waals surface area contributed by atoms with E-state index < -0.39 is 0 Å². The highest BCUT2D eigenvalue weighted by Crippen LogP contribution is 2.21. The van der Waals surface area contributed by atoms with Gasteiger partial charge in [0.15, 0.2) is 0 Å². The molecule has 0 saturated carbocycles. The van der Waals surface area contributed by atoms with Gasteiger partial charge >= 0.3 is 0 Å². The molecule has 0 fully saturated rings. The van der Waals surface area contributed by atoms with E-state index in [0.717, 1.165) is 11.3 Å². The molecule has 2 rings (SSSR count). The highest BCUT2D eigenvalue weighted by Gasteiger charge is 2.04. The first kappa shape index (κ1) is 11.6. The van der Waals surface area contributed by atoms with E-state index in [1.54, 1.807) is 19.1 Å². The van der Waals surface area contributed by atoms with E-state index in [4.69, 9.17) is 17.3 Å². The van der Waals surface area contributed by atoms with Gasteiger partial charge in [0, 0.05) is 11.8 Å². The highest BCUT2D eigenvalue weighted by atomic mass is 35.5. The molecule has 0 aliphatic rings. The first-order valence-electron chi connectivity index (χ1n) is 4.88. The van der Waals surface area contributed by atoms with Crippen molar-refractivity contribution in [2.45, 2.75) is 6.92 Å². The number of benzene rings is 1. The minimum atomic E-state index is -0.284. The molecule has 0 aliphatic carbocycles. The average molecular weight is 253 g/mol. The zero-order valence-electron chi connectivity index (χ0n) is 9.04. The number of nitrogens with one attached hydrogen (secondary N) is 1. The number of halogens is 2. The van der Waals surface area contributed by atoms with Gasteiger partial charge in [-0.3, -0.25) is 0 Å². The second-order valence-electron chi connectivity index (χ2n) is 3.52. The number of aromatic nitrogens is 2. The molecule has 0 aliphatic heterocycles. The second kappa shape index (κ2) is 4.55. The van der Waals surface area contributed by atoms with E-state index in [-0.39, 0.29) is 16.9 Å². The number of hydrogen-bond donors (Lipinski definition) is 2. The van der Waals surface area contributed by atoms with Gasteiger partial charge in [-0.1, -0.05) is 11.6 Å². The summed E-state index contributed by atoms with van der Waals surface area (Å²) >= 11 is 5.75. The van der Waals surface area contributed by atoms with E-state index >= 15 is 0 Å².